The first-order chi connectivity index (χ1) is 11.2. The minimum atomic E-state index is -0.216. The Morgan fingerprint density at radius 3 is 3.00 bits per heavy atom. The molecule has 0 saturated carbocycles. The van der Waals surface area contributed by atoms with E-state index < -0.39 is 0 Å². The zero-order chi connectivity index (χ0) is 16.2. The van der Waals surface area contributed by atoms with Crippen LogP contribution < -0.4 is 10.6 Å². The van der Waals surface area contributed by atoms with Crippen LogP contribution in [0.25, 0.3) is 0 Å². The van der Waals surface area contributed by atoms with Gasteiger partial charge in [0.15, 0.2) is 0 Å². The van der Waals surface area contributed by atoms with Crippen molar-refractivity contribution in [2.24, 2.45) is 0 Å². The number of nitrogens with one attached hydrogen (secondary N) is 2. The number of carbonyl (C=O) groups excluding carboxylic acids is 2. The van der Waals surface area contributed by atoms with Crippen molar-refractivity contribution in [2.45, 2.75) is 11.5 Å². The number of carbonyl (C=O) groups is 2. The second-order valence-corrected chi connectivity index (χ2v) is 6.15. The average Bonchev–Trinajstić information content (AvgIpc) is 2.54. The summed E-state index contributed by atoms with van der Waals surface area (Å²) >= 11 is 1.47. The second kappa shape index (κ2) is 6.85. The summed E-state index contributed by atoms with van der Waals surface area (Å²) in [5.74, 6) is 0.143. The maximum Gasteiger partial charge on any atom is 0.255 e. The van der Waals surface area contributed by atoms with Crippen molar-refractivity contribution in [2.75, 3.05) is 23.5 Å². The van der Waals surface area contributed by atoms with E-state index in [-0.39, 0.29) is 11.8 Å². The molecule has 118 valence electrons. The van der Waals surface area contributed by atoms with Gasteiger partial charge < -0.3 is 15.4 Å². The van der Waals surface area contributed by atoms with Gasteiger partial charge in [0.25, 0.3) is 5.91 Å². The van der Waals surface area contributed by atoms with Crippen molar-refractivity contribution in [3.63, 3.8) is 0 Å². The Kier molecular flexibility index (Phi) is 4.64. The van der Waals surface area contributed by atoms with E-state index in [4.69, 9.17) is 4.74 Å². The van der Waals surface area contributed by atoms with E-state index in [9.17, 15) is 9.59 Å². The highest BCUT2D eigenvalue weighted by Gasteiger charge is 2.17. The molecule has 0 aliphatic carbocycles. The molecule has 2 aromatic rings. The van der Waals surface area contributed by atoms with E-state index in [0.717, 1.165) is 10.5 Å². The van der Waals surface area contributed by atoms with Crippen LogP contribution in [0, 0.1) is 0 Å². The molecule has 0 radical (unpaired) electrons. The lowest BCUT2D eigenvalue weighted by atomic mass is 10.1. The summed E-state index contributed by atoms with van der Waals surface area (Å²) in [6, 6.07) is 12.8. The van der Waals surface area contributed by atoms with Gasteiger partial charge in [-0.05, 0) is 35.9 Å². The van der Waals surface area contributed by atoms with Crippen LogP contribution in [0.3, 0.4) is 0 Å². The highest BCUT2D eigenvalue weighted by Crippen LogP contribution is 2.32. The highest BCUT2D eigenvalue weighted by atomic mass is 32.2. The number of hydrogen-bond donors (Lipinski definition) is 2. The Hall–Kier alpha value is -2.31. The Morgan fingerprint density at radius 2 is 2.17 bits per heavy atom. The average molecular weight is 328 g/mol. The largest absolute Gasteiger partial charge is 0.380 e. The second-order valence-electron chi connectivity index (χ2n) is 5.14. The predicted molar refractivity (Wildman–Crippen MR) is 90.9 cm³/mol. The first-order valence-corrected chi connectivity index (χ1v) is 8.10. The maximum absolute atomic E-state index is 12.4. The Balaban J connectivity index is 1.77. The molecule has 0 aromatic heterocycles. The summed E-state index contributed by atoms with van der Waals surface area (Å²) in [6.45, 7) is 0.492. The van der Waals surface area contributed by atoms with Crippen LogP contribution in [0.5, 0.6) is 0 Å². The number of methoxy groups -OCH3 is 1. The van der Waals surface area contributed by atoms with E-state index in [1.807, 2.05) is 30.3 Å². The van der Waals surface area contributed by atoms with E-state index in [2.05, 4.69) is 10.6 Å². The predicted octanol–water partition coefficient (Wildman–Crippen LogP) is 3.13. The topological polar surface area (TPSA) is 67.4 Å². The van der Waals surface area contributed by atoms with Gasteiger partial charge in [0, 0.05) is 23.3 Å². The fourth-order valence-electron chi connectivity index (χ4n) is 2.33. The van der Waals surface area contributed by atoms with E-state index in [1.54, 1.807) is 19.2 Å². The van der Waals surface area contributed by atoms with Crippen molar-refractivity contribution in [1.82, 2.24) is 0 Å². The van der Waals surface area contributed by atoms with Crippen molar-refractivity contribution in [3.8, 4) is 0 Å². The summed E-state index contributed by atoms with van der Waals surface area (Å²) in [4.78, 5) is 24.8. The monoisotopic (exact) mass is 328 g/mol. The van der Waals surface area contributed by atoms with E-state index in [0.29, 0.717) is 29.3 Å². The number of anilines is 2. The minimum Gasteiger partial charge on any atom is -0.380 e. The lowest BCUT2D eigenvalue weighted by molar-refractivity contribution is -0.113. The van der Waals surface area contributed by atoms with Gasteiger partial charge in [0.05, 0.1) is 18.0 Å². The molecule has 0 bridgehead atoms. The molecule has 1 heterocycles. The van der Waals surface area contributed by atoms with E-state index in [1.165, 1.54) is 11.8 Å². The molecule has 6 heteroatoms. The summed E-state index contributed by atoms with van der Waals surface area (Å²) in [5, 5.41) is 5.65. The van der Waals surface area contributed by atoms with Gasteiger partial charge in [0.1, 0.15) is 0 Å². The molecule has 2 amide bonds. The molecule has 2 aromatic carbocycles. The third-order valence-electron chi connectivity index (χ3n) is 3.37. The van der Waals surface area contributed by atoms with Crippen molar-refractivity contribution < 1.29 is 14.3 Å². The molecule has 5 nitrogen and oxygen atoms in total. The van der Waals surface area contributed by atoms with Gasteiger partial charge >= 0.3 is 0 Å². The molecule has 2 N–H and O–H groups in total. The molecular formula is C17H16N2O3S. The highest BCUT2D eigenvalue weighted by molar-refractivity contribution is 8.00. The van der Waals surface area contributed by atoms with Crippen LogP contribution in [0.1, 0.15) is 15.9 Å². The standard InChI is InChI=1S/C17H16N2O3S/c1-22-9-11-3-2-4-13(7-11)18-17(21)12-5-6-15-14(8-12)19-16(20)10-23-15/h2-8H,9-10H2,1H3,(H,18,21)(H,19,20). The maximum atomic E-state index is 12.4. The Morgan fingerprint density at radius 1 is 1.30 bits per heavy atom. The molecule has 0 atom stereocenters. The van der Waals surface area contributed by atoms with Crippen LogP contribution in [0.4, 0.5) is 11.4 Å². The fourth-order valence-corrected chi connectivity index (χ4v) is 3.12. The van der Waals surface area contributed by atoms with Crippen LogP contribution in [0.15, 0.2) is 47.4 Å². The zero-order valence-corrected chi connectivity index (χ0v) is 13.4. The van der Waals surface area contributed by atoms with Crippen LogP contribution >= 0.6 is 11.8 Å². The van der Waals surface area contributed by atoms with Crippen LogP contribution in [-0.4, -0.2) is 24.7 Å². The summed E-state index contributed by atoms with van der Waals surface area (Å²) in [5.41, 5.74) is 2.89. The summed E-state index contributed by atoms with van der Waals surface area (Å²) in [6.07, 6.45) is 0. The molecular weight excluding hydrogens is 312 g/mol. The molecule has 1 aliphatic rings. The quantitative estimate of drug-likeness (QED) is 0.905. The summed E-state index contributed by atoms with van der Waals surface area (Å²) in [7, 11) is 1.63. The number of rotatable bonds is 4. The van der Waals surface area contributed by atoms with Gasteiger partial charge in [-0.2, -0.15) is 0 Å². The van der Waals surface area contributed by atoms with Crippen molar-refractivity contribution in [1.29, 1.82) is 0 Å². The molecule has 0 spiro atoms. The lowest BCUT2D eigenvalue weighted by Crippen LogP contribution is -2.19. The van der Waals surface area contributed by atoms with Crippen molar-refractivity contribution in [3.05, 3.63) is 53.6 Å². The first kappa shape index (κ1) is 15.6. The molecule has 0 saturated heterocycles. The molecule has 0 unspecified atom stereocenters. The number of ether oxygens (including phenoxy) is 1. The molecule has 1 aliphatic heterocycles. The third kappa shape index (κ3) is 3.72. The van der Waals surface area contributed by atoms with Gasteiger partial charge in [-0.3, -0.25) is 9.59 Å². The number of benzene rings is 2. The Bertz CT molecular complexity index is 761. The minimum absolute atomic E-state index is 0.0488. The number of thioether (sulfide) groups is 1. The number of hydrogen-bond acceptors (Lipinski definition) is 4. The van der Waals surface area contributed by atoms with Gasteiger partial charge in [-0.1, -0.05) is 12.1 Å². The zero-order valence-electron chi connectivity index (χ0n) is 12.6. The SMILES string of the molecule is COCc1cccc(NC(=O)c2ccc3c(c2)NC(=O)CS3)c1. The van der Waals surface area contributed by atoms with Crippen LogP contribution in [-0.2, 0) is 16.1 Å². The molecule has 3 rings (SSSR count). The van der Waals surface area contributed by atoms with Gasteiger partial charge in [-0.15, -0.1) is 11.8 Å². The fraction of sp³-hybridized carbons (Fsp3) is 0.176. The van der Waals surface area contributed by atoms with E-state index >= 15 is 0 Å². The normalized spacial score (nSPS) is 13.2. The first-order valence-electron chi connectivity index (χ1n) is 7.11. The molecule has 23 heavy (non-hydrogen) atoms. The van der Waals surface area contributed by atoms with Crippen molar-refractivity contribution >= 4 is 35.0 Å². The molecule has 0 fully saturated rings. The summed E-state index contributed by atoms with van der Waals surface area (Å²) < 4.78 is 5.09. The number of fused-ring (bicyclic) bond motifs is 1. The van der Waals surface area contributed by atoms with Gasteiger partial charge in [-0.25, -0.2) is 0 Å². The number of amides is 2. The van der Waals surface area contributed by atoms with Crippen LogP contribution in [0.2, 0.25) is 0 Å². The lowest BCUT2D eigenvalue weighted by Gasteiger charge is -2.17. The smallest absolute Gasteiger partial charge is 0.255 e. The van der Waals surface area contributed by atoms with Gasteiger partial charge in [0.2, 0.25) is 5.91 Å². The Labute approximate surface area is 138 Å². The third-order valence-corrected chi connectivity index (χ3v) is 4.44.